The zero-order chi connectivity index (χ0) is 16.1. The Labute approximate surface area is 143 Å². The fourth-order valence-corrected chi connectivity index (χ4v) is 2.81. The number of hydrogen-bond acceptors (Lipinski definition) is 5. The Hall–Kier alpha value is -1.97. The van der Waals surface area contributed by atoms with Crippen LogP contribution in [0, 0.1) is 11.8 Å². The van der Waals surface area contributed by atoms with Gasteiger partial charge in [-0.15, -0.1) is 10.2 Å². The molecule has 1 saturated heterocycles. The largest absolute Gasteiger partial charge is 0.414 e. The number of benzene rings is 1. The van der Waals surface area contributed by atoms with Crippen LogP contribution >= 0.6 is 23.4 Å². The van der Waals surface area contributed by atoms with Gasteiger partial charge in [-0.05, 0) is 30.7 Å². The van der Waals surface area contributed by atoms with Crippen LogP contribution in [-0.4, -0.2) is 33.3 Å². The highest BCUT2D eigenvalue weighted by Crippen LogP contribution is 2.18. The molecular weight excluding hydrogens is 334 g/mol. The van der Waals surface area contributed by atoms with Crippen molar-refractivity contribution in [1.82, 2.24) is 15.1 Å². The van der Waals surface area contributed by atoms with Crippen LogP contribution in [0.5, 0.6) is 0 Å². The Morgan fingerprint density at radius 3 is 2.87 bits per heavy atom. The van der Waals surface area contributed by atoms with Gasteiger partial charge in [0.1, 0.15) is 0 Å². The molecule has 0 unspecified atom stereocenters. The molecule has 0 saturated carbocycles. The molecule has 118 valence electrons. The monoisotopic (exact) mass is 347 g/mol. The molecule has 5 nitrogen and oxygen atoms in total. The van der Waals surface area contributed by atoms with E-state index in [-0.39, 0.29) is 5.91 Å². The molecule has 23 heavy (non-hydrogen) atoms. The number of halogens is 1. The van der Waals surface area contributed by atoms with Crippen molar-refractivity contribution in [2.45, 2.75) is 24.6 Å². The number of carbonyl (C=O) groups excluding carboxylic acids is 1. The summed E-state index contributed by atoms with van der Waals surface area (Å²) in [4.78, 5) is 13.3. The van der Waals surface area contributed by atoms with Crippen LogP contribution in [0.25, 0.3) is 0 Å². The van der Waals surface area contributed by atoms with Crippen LogP contribution in [0.4, 0.5) is 0 Å². The molecule has 1 amide bonds. The first-order valence-electron chi connectivity index (χ1n) is 7.18. The van der Waals surface area contributed by atoms with Gasteiger partial charge >= 0.3 is 0 Å². The second kappa shape index (κ2) is 7.53. The van der Waals surface area contributed by atoms with E-state index in [2.05, 4.69) is 22.0 Å². The van der Waals surface area contributed by atoms with E-state index in [1.807, 2.05) is 24.3 Å². The first kappa shape index (κ1) is 15.9. The second-order valence-electron chi connectivity index (χ2n) is 4.98. The summed E-state index contributed by atoms with van der Waals surface area (Å²) >= 11 is 7.20. The van der Waals surface area contributed by atoms with Crippen molar-refractivity contribution in [3.63, 3.8) is 0 Å². The quantitative estimate of drug-likeness (QED) is 0.628. The molecule has 2 heterocycles. The Balaban J connectivity index is 1.49. The third kappa shape index (κ3) is 4.50. The number of carbonyl (C=O) groups is 1. The minimum Gasteiger partial charge on any atom is -0.414 e. The summed E-state index contributed by atoms with van der Waals surface area (Å²) in [7, 11) is 0. The first-order valence-corrected chi connectivity index (χ1v) is 8.54. The van der Waals surface area contributed by atoms with Crippen molar-refractivity contribution in [2.75, 3.05) is 12.3 Å². The first-order chi connectivity index (χ1) is 11.2. The zero-order valence-corrected chi connectivity index (χ0v) is 13.9. The third-order valence-electron chi connectivity index (χ3n) is 3.29. The summed E-state index contributed by atoms with van der Waals surface area (Å²) in [5, 5.41) is 9.09. The molecule has 2 aromatic rings. The molecule has 0 bridgehead atoms. The summed E-state index contributed by atoms with van der Waals surface area (Å²) in [5.74, 6) is 7.24. The van der Waals surface area contributed by atoms with Gasteiger partial charge in [-0.1, -0.05) is 35.2 Å². The molecule has 0 spiro atoms. The van der Waals surface area contributed by atoms with Gasteiger partial charge in [-0.3, -0.25) is 4.79 Å². The Kier molecular flexibility index (Phi) is 5.21. The standard InChI is InChI=1S/C16H14ClN3O2S/c17-13-7-5-12(6-8-13)3-2-10-23-16-19-18-14(22-16)11-20-9-1-4-15(20)21/h5-8H,1,4,9-11H2. The molecule has 1 aliphatic rings. The Bertz CT molecular complexity index is 749. The summed E-state index contributed by atoms with van der Waals surface area (Å²) in [5.41, 5.74) is 0.911. The maximum absolute atomic E-state index is 11.6. The van der Waals surface area contributed by atoms with Gasteiger partial charge in [0.15, 0.2) is 0 Å². The lowest BCUT2D eigenvalue weighted by molar-refractivity contribution is -0.128. The Morgan fingerprint density at radius 1 is 1.30 bits per heavy atom. The number of likely N-dealkylation sites (tertiary alicyclic amines) is 1. The topological polar surface area (TPSA) is 59.2 Å². The van der Waals surface area contributed by atoms with Crippen molar-refractivity contribution in [3.05, 3.63) is 40.7 Å². The Morgan fingerprint density at radius 2 is 2.13 bits per heavy atom. The lowest BCUT2D eigenvalue weighted by atomic mass is 10.2. The molecule has 1 aromatic heterocycles. The van der Waals surface area contributed by atoms with Crippen molar-refractivity contribution in [1.29, 1.82) is 0 Å². The van der Waals surface area contributed by atoms with E-state index >= 15 is 0 Å². The number of thioether (sulfide) groups is 1. The van der Waals surface area contributed by atoms with Crippen LogP contribution in [0.3, 0.4) is 0 Å². The van der Waals surface area contributed by atoms with E-state index in [1.165, 1.54) is 11.8 Å². The van der Waals surface area contributed by atoms with Crippen molar-refractivity contribution >= 4 is 29.3 Å². The highest BCUT2D eigenvalue weighted by Gasteiger charge is 2.22. The summed E-state index contributed by atoms with van der Waals surface area (Å²) in [6.45, 7) is 1.15. The van der Waals surface area contributed by atoms with Crippen molar-refractivity contribution in [3.8, 4) is 11.8 Å². The van der Waals surface area contributed by atoms with E-state index in [0.29, 0.717) is 34.9 Å². The number of amides is 1. The molecule has 1 fully saturated rings. The minimum absolute atomic E-state index is 0.145. The van der Waals surface area contributed by atoms with Crippen LogP contribution in [0.15, 0.2) is 33.9 Å². The molecule has 0 N–H and O–H groups in total. The molecule has 0 aliphatic carbocycles. The normalized spacial score (nSPS) is 14.0. The molecular formula is C16H14ClN3O2S. The third-order valence-corrected chi connectivity index (χ3v) is 4.24. The van der Waals surface area contributed by atoms with E-state index in [0.717, 1.165) is 18.5 Å². The predicted molar refractivity (Wildman–Crippen MR) is 88.0 cm³/mol. The molecule has 7 heteroatoms. The fourth-order valence-electron chi connectivity index (χ4n) is 2.16. The summed E-state index contributed by atoms with van der Waals surface area (Å²) < 4.78 is 5.52. The highest BCUT2D eigenvalue weighted by molar-refractivity contribution is 7.99. The van der Waals surface area contributed by atoms with Gasteiger partial charge in [0.25, 0.3) is 5.22 Å². The molecule has 0 atom stereocenters. The van der Waals surface area contributed by atoms with E-state index < -0.39 is 0 Å². The van der Waals surface area contributed by atoms with Crippen LogP contribution < -0.4 is 0 Å². The van der Waals surface area contributed by atoms with E-state index in [9.17, 15) is 4.79 Å². The summed E-state index contributed by atoms with van der Waals surface area (Å²) in [6, 6.07) is 7.36. The van der Waals surface area contributed by atoms with E-state index in [1.54, 1.807) is 4.90 Å². The number of aromatic nitrogens is 2. The van der Waals surface area contributed by atoms with Crippen molar-refractivity contribution in [2.24, 2.45) is 0 Å². The van der Waals surface area contributed by atoms with Crippen LogP contribution in [0.2, 0.25) is 5.02 Å². The molecule has 3 rings (SSSR count). The number of hydrogen-bond donors (Lipinski definition) is 0. The lowest BCUT2D eigenvalue weighted by Crippen LogP contribution is -2.23. The number of rotatable bonds is 4. The second-order valence-corrected chi connectivity index (χ2v) is 6.34. The van der Waals surface area contributed by atoms with Crippen LogP contribution in [-0.2, 0) is 11.3 Å². The molecule has 1 aliphatic heterocycles. The highest BCUT2D eigenvalue weighted by atomic mass is 35.5. The van der Waals surface area contributed by atoms with Gasteiger partial charge in [0, 0.05) is 23.6 Å². The van der Waals surface area contributed by atoms with Gasteiger partial charge < -0.3 is 9.32 Å². The van der Waals surface area contributed by atoms with E-state index in [4.69, 9.17) is 16.0 Å². The van der Waals surface area contributed by atoms with Gasteiger partial charge in [-0.25, -0.2) is 0 Å². The predicted octanol–water partition coefficient (Wildman–Crippen LogP) is 2.99. The van der Waals surface area contributed by atoms with Gasteiger partial charge in [-0.2, -0.15) is 0 Å². The van der Waals surface area contributed by atoms with Gasteiger partial charge in [0.2, 0.25) is 11.8 Å². The lowest BCUT2D eigenvalue weighted by Gasteiger charge is -2.11. The number of nitrogens with zero attached hydrogens (tertiary/aromatic N) is 3. The maximum Gasteiger partial charge on any atom is 0.277 e. The summed E-state index contributed by atoms with van der Waals surface area (Å²) in [6.07, 6.45) is 1.50. The zero-order valence-electron chi connectivity index (χ0n) is 12.3. The maximum atomic E-state index is 11.6. The smallest absolute Gasteiger partial charge is 0.277 e. The fraction of sp³-hybridized carbons (Fsp3) is 0.312. The molecule has 0 radical (unpaired) electrons. The average molecular weight is 348 g/mol. The van der Waals surface area contributed by atoms with Crippen molar-refractivity contribution < 1.29 is 9.21 Å². The molecule has 1 aromatic carbocycles. The SMILES string of the molecule is O=C1CCCN1Cc1nnc(SCC#Cc2ccc(Cl)cc2)o1. The minimum atomic E-state index is 0.145. The van der Waals surface area contributed by atoms with Gasteiger partial charge in [0.05, 0.1) is 12.3 Å². The van der Waals surface area contributed by atoms with Crippen LogP contribution in [0.1, 0.15) is 24.3 Å². The average Bonchev–Trinajstić information content (AvgIpc) is 3.16.